The molecule has 0 saturated heterocycles. The van der Waals surface area contributed by atoms with E-state index in [1.165, 1.54) is 0 Å². The average Bonchev–Trinajstić information content (AvgIpc) is 1.82. The summed E-state index contributed by atoms with van der Waals surface area (Å²) in [6.45, 7) is 0. The quantitative estimate of drug-likeness (QED) is 0.348. The monoisotopic (exact) mass is 247 g/mol. The van der Waals surface area contributed by atoms with Gasteiger partial charge in [-0.05, 0) is 0 Å². The van der Waals surface area contributed by atoms with Gasteiger partial charge in [-0.3, -0.25) is 4.79 Å². The number of carbonyl (C=O) groups is 3. The van der Waals surface area contributed by atoms with Crippen molar-refractivity contribution in [2.24, 2.45) is 0 Å². The van der Waals surface area contributed by atoms with Crippen molar-refractivity contribution in [3.8, 4) is 0 Å². The molecule has 15 heavy (non-hydrogen) atoms. The Morgan fingerprint density at radius 2 is 1.53 bits per heavy atom. The van der Waals surface area contributed by atoms with Crippen molar-refractivity contribution < 1.29 is 86.2 Å². The molecule has 8 nitrogen and oxygen atoms in total. The molecule has 0 aliphatic heterocycles. The summed E-state index contributed by atoms with van der Waals surface area (Å²) in [5, 5.41) is 35.5. The molecule has 9 heteroatoms. The first-order chi connectivity index (χ1) is 5.78. The van der Waals surface area contributed by atoms with E-state index in [1.807, 2.05) is 0 Å². The maximum Gasteiger partial charge on any atom is 1.00 e. The van der Waals surface area contributed by atoms with Crippen LogP contribution < -0.4 is 62.6 Å². The first kappa shape index (κ1) is 20.4. The number of rotatable bonds is 5. The predicted molar refractivity (Wildman–Crippen MR) is 39.5 cm³/mol. The minimum Gasteiger partial charge on any atom is -0.550 e. The van der Waals surface area contributed by atoms with Crippen LogP contribution in [0.2, 0.25) is 0 Å². The smallest absolute Gasteiger partial charge is 0.550 e. The van der Waals surface area contributed by atoms with Gasteiger partial charge in [0, 0.05) is 12.4 Å². The number of aliphatic hydroxyl groups is 1. The number of aliphatic carboxylic acids is 3. The molecule has 6 N–H and O–H groups in total. The minimum absolute atomic E-state index is 0. The minimum atomic E-state index is -2.80. The molecule has 0 aliphatic rings. The van der Waals surface area contributed by atoms with Crippen LogP contribution in [0.4, 0.5) is 0 Å². The Morgan fingerprint density at radius 1 is 1.13 bits per heavy atom. The van der Waals surface area contributed by atoms with Gasteiger partial charge in [0.1, 0.15) is 0 Å². The van der Waals surface area contributed by atoms with Gasteiger partial charge in [0.2, 0.25) is 0 Å². The van der Waals surface area contributed by atoms with E-state index in [-0.39, 0.29) is 57.5 Å². The summed E-state index contributed by atoms with van der Waals surface area (Å²) < 4.78 is 0. The summed E-state index contributed by atoms with van der Waals surface area (Å²) in [6.07, 6.45) is -2.44. The van der Waals surface area contributed by atoms with E-state index in [0.29, 0.717) is 0 Å². The molecule has 0 spiro atoms. The molecule has 0 aromatic rings. The van der Waals surface area contributed by atoms with Crippen molar-refractivity contribution in [1.82, 2.24) is 6.15 Å². The third-order valence-corrected chi connectivity index (χ3v) is 1.28. The molecule has 0 aliphatic carbocycles. The summed E-state index contributed by atoms with van der Waals surface area (Å²) >= 11 is 0. The Labute approximate surface area is 127 Å². The number of hydrogen-bond acceptors (Lipinski definition) is 6. The fourth-order valence-electron chi connectivity index (χ4n) is 0.703. The van der Waals surface area contributed by atoms with E-state index in [4.69, 9.17) is 15.3 Å². The Hall–Kier alpha value is -0.0336. The number of hydrogen-bond donors (Lipinski definition) is 4. The van der Waals surface area contributed by atoms with Crippen LogP contribution in [0, 0.1) is 0 Å². The van der Waals surface area contributed by atoms with Crippen LogP contribution in [0.5, 0.6) is 0 Å². The first-order valence-corrected chi connectivity index (χ1v) is 3.15. The Kier molecular flexibility index (Phi) is 11.1. The molecule has 0 bridgehead atoms. The zero-order chi connectivity index (χ0) is 10.6. The second-order valence-electron chi connectivity index (χ2n) is 2.46. The molecule has 0 saturated carbocycles. The van der Waals surface area contributed by atoms with Gasteiger partial charge >= 0.3 is 63.3 Å². The van der Waals surface area contributed by atoms with Gasteiger partial charge in [-0.25, -0.2) is 4.79 Å². The summed E-state index contributed by atoms with van der Waals surface area (Å²) in [4.78, 5) is 30.3. The third kappa shape index (κ3) is 7.85. The van der Waals surface area contributed by atoms with Gasteiger partial charge in [0.05, 0.1) is 6.42 Å². The Balaban J connectivity index is -0.000000720. The molecule has 1 unspecified atom stereocenters. The molecule has 0 fully saturated rings. The van der Waals surface area contributed by atoms with E-state index in [9.17, 15) is 19.5 Å². The predicted octanol–water partition coefficient (Wildman–Crippen LogP) is -5.42. The van der Waals surface area contributed by atoms with E-state index >= 15 is 0 Å². The molecule has 82 valence electrons. The van der Waals surface area contributed by atoms with Crippen LogP contribution in [0.15, 0.2) is 0 Å². The van der Waals surface area contributed by atoms with Gasteiger partial charge in [0.15, 0.2) is 5.60 Å². The topological polar surface area (TPSA) is 170 Å². The number of carboxylic acid groups (broad SMARTS) is 3. The SMILES string of the molecule is N.O=C([O-])CC(O)(CC(=O)O)C(=O)O.[K+]. The molecule has 0 heterocycles. The largest absolute Gasteiger partial charge is 1.00 e. The molecule has 0 radical (unpaired) electrons. The number of carbonyl (C=O) groups excluding carboxylic acids is 1. The standard InChI is InChI=1S/C6H8O7.K.H3N/c7-3(8)1-6(13,5(11)12)2-4(9)10;;/h13H,1-2H2,(H,7,8)(H,9,10)(H,11,12);;1H3/q;+1;/p-1. The number of carboxylic acids is 3. The Morgan fingerprint density at radius 3 is 1.73 bits per heavy atom. The second-order valence-corrected chi connectivity index (χ2v) is 2.46. The van der Waals surface area contributed by atoms with Crippen LogP contribution in [0.1, 0.15) is 12.8 Å². The molecule has 0 aromatic heterocycles. The Bertz CT molecular complexity index is 238. The maximum absolute atomic E-state index is 10.3. The fourth-order valence-corrected chi connectivity index (χ4v) is 0.703. The summed E-state index contributed by atoms with van der Waals surface area (Å²) in [6, 6.07) is 0. The molecule has 0 amide bonds. The normalized spacial score (nSPS) is 12.6. The van der Waals surface area contributed by atoms with Crippen molar-refractivity contribution in [3.05, 3.63) is 0 Å². The molecule has 0 rings (SSSR count). The van der Waals surface area contributed by atoms with E-state index in [1.54, 1.807) is 0 Å². The molecule has 1 atom stereocenters. The first-order valence-electron chi connectivity index (χ1n) is 3.15. The second kappa shape index (κ2) is 8.16. The summed E-state index contributed by atoms with van der Waals surface area (Å²) in [5.74, 6) is -5.34. The van der Waals surface area contributed by atoms with E-state index in [2.05, 4.69) is 0 Å². The molecule has 0 aromatic carbocycles. The maximum atomic E-state index is 10.3. The third-order valence-electron chi connectivity index (χ3n) is 1.28. The van der Waals surface area contributed by atoms with Gasteiger partial charge < -0.3 is 31.4 Å². The van der Waals surface area contributed by atoms with Crippen molar-refractivity contribution in [2.45, 2.75) is 18.4 Å². The van der Waals surface area contributed by atoms with Crippen LogP contribution >= 0.6 is 0 Å². The zero-order valence-corrected chi connectivity index (χ0v) is 11.2. The van der Waals surface area contributed by atoms with Gasteiger partial charge in [0.25, 0.3) is 0 Å². The van der Waals surface area contributed by atoms with Crippen molar-refractivity contribution in [3.63, 3.8) is 0 Å². The van der Waals surface area contributed by atoms with Crippen LogP contribution in [0.25, 0.3) is 0 Å². The zero-order valence-electron chi connectivity index (χ0n) is 8.10. The molecular formula is C6H10KNO7. The summed E-state index contributed by atoms with van der Waals surface area (Å²) in [5.41, 5.74) is -2.80. The van der Waals surface area contributed by atoms with Gasteiger partial charge in [-0.1, -0.05) is 0 Å². The van der Waals surface area contributed by atoms with Crippen molar-refractivity contribution >= 4 is 17.9 Å². The van der Waals surface area contributed by atoms with E-state index in [0.717, 1.165) is 0 Å². The van der Waals surface area contributed by atoms with E-state index < -0.39 is 36.4 Å². The van der Waals surface area contributed by atoms with Crippen LogP contribution in [-0.4, -0.2) is 38.8 Å². The van der Waals surface area contributed by atoms with Crippen molar-refractivity contribution in [2.75, 3.05) is 0 Å². The van der Waals surface area contributed by atoms with Gasteiger partial charge in [-0.15, -0.1) is 0 Å². The van der Waals surface area contributed by atoms with Crippen molar-refractivity contribution in [1.29, 1.82) is 0 Å². The van der Waals surface area contributed by atoms with Crippen LogP contribution in [0.3, 0.4) is 0 Å². The van der Waals surface area contributed by atoms with Gasteiger partial charge in [-0.2, -0.15) is 0 Å². The fraction of sp³-hybridized carbons (Fsp3) is 0.500. The van der Waals surface area contributed by atoms with Crippen LogP contribution in [-0.2, 0) is 14.4 Å². The molecular weight excluding hydrogens is 237 g/mol. The average molecular weight is 247 g/mol. The summed E-state index contributed by atoms with van der Waals surface area (Å²) in [7, 11) is 0.